The summed E-state index contributed by atoms with van der Waals surface area (Å²) in [6, 6.07) is 5.99. The monoisotopic (exact) mass is 277 g/mol. The van der Waals surface area contributed by atoms with Gasteiger partial charge in [-0.3, -0.25) is 19.3 Å². The zero-order valence-electron chi connectivity index (χ0n) is 11.3. The van der Waals surface area contributed by atoms with Gasteiger partial charge in [0.15, 0.2) is 5.78 Å². The first-order valence-electron chi connectivity index (χ1n) is 6.55. The van der Waals surface area contributed by atoms with Crippen molar-refractivity contribution >= 4 is 17.6 Å². The Morgan fingerprint density at radius 1 is 1.25 bits per heavy atom. The second kappa shape index (κ2) is 5.94. The normalized spacial score (nSPS) is 16.6. The lowest BCUT2D eigenvalue weighted by Gasteiger charge is -2.27. The summed E-state index contributed by atoms with van der Waals surface area (Å²) >= 11 is 0. The van der Waals surface area contributed by atoms with Crippen LogP contribution in [0, 0.1) is 11.7 Å². The van der Waals surface area contributed by atoms with E-state index in [0.29, 0.717) is 0 Å². The molecule has 1 aromatic carbocycles. The van der Waals surface area contributed by atoms with Gasteiger partial charge in [0.25, 0.3) is 0 Å². The molecule has 1 aliphatic heterocycles. The van der Waals surface area contributed by atoms with Crippen molar-refractivity contribution in [2.45, 2.75) is 26.2 Å². The van der Waals surface area contributed by atoms with Crippen LogP contribution in [0.5, 0.6) is 0 Å². The van der Waals surface area contributed by atoms with Crippen LogP contribution >= 0.6 is 0 Å². The number of nitrogens with zero attached hydrogens (tertiary/aromatic N) is 1. The number of hydrogen-bond donors (Lipinski definition) is 0. The molecule has 0 aromatic heterocycles. The Morgan fingerprint density at radius 2 is 1.85 bits per heavy atom. The van der Waals surface area contributed by atoms with E-state index in [1.807, 2.05) is 6.92 Å². The van der Waals surface area contributed by atoms with E-state index in [1.54, 1.807) is 12.1 Å². The zero-order valence-corrected chi connectivity index (χ0v) is 11.3. The molecule has 106 valence electrons. The molecule has 0 radical (unpaired) electrons. The molecule has 4 nitrogen and oxygen atoms in total. The molecular formula is C15H16FNO3. The topological polar surface area (TPSA) is 54.5 Å². The molecule has 1 aromatic rings. The van der Waals surface area contributed by atoms with Gasteiger partial charge in [0.1, 0.15) is 5.82 Å². The van der Waals surface area contributed by atoms with Crippen LogP contribution in [-0.2, 0) is 20.8 Å². The first kappa shape index (κ1) is 14.4. The molecule has 0 aliphatic carbocycles. The molecule has 1 fully saturated rings. The first-order valence-corrected chi connectivity index (χ1v) is 6.55. The van der Waals surface area contributed by atoms with Crippen LogP contribution in [0.1, 0.15) is 25.3 Å². The number of piperidine rings is 1. The lowest BCUT2D eigenvalue weighted by Crippen LogP contribution is -2.45. The molecule has 5 heteroatoms. The van der Waals surface area contributed by atoms with Crippen molar-refractivity contribution in [3.05, 3.63) is 35.6 Å². The molecule has 1 saturated heterocycles. The lowest BCUT2D eigenvalue weighted by atomic mass is 9.97. The third-order valence-corrected chi connectivity index (χ3v) is 3.33. The van der Waals surface area contributed by atoms with E-state index in [2.05, 4.69) is 0 Å². The van der Waals surface area contributed by atoms with Crippen LogP contribution in [0.3, 0.4) is 0 Å². The molecule has 1 heterocycles. The van der Waals surface area contributed by atoms with Crippen molar-refractivity contribution in [1.29, 1.82) is 0 Å². The zero-order chi connectivity index (χ0) is 14.7. The largest absolute Gasteiger partial charge is 0.297 e. The van der Waals surface area contributed by atoms with E-state index in [1.165, 1.54) is 12.1 Å². The number of halogens is 1. The summed E-state index contributed by atoms with van der Waals surface area (Å²) in [5.74, 6) is -1.42. The van der Waals surface area contributed by atoms with Gasteiger partial charge < -0.3 is 0 Å². The average molecular weight is 277 g/mol. The molecule has 0 bridgehead atoms. The van der Waals surface area contributed by atoms with Crippen molar-refractivity contribution < 1.29 is 18.8 Å². The van der Waals surface area contributed by atoms with E-state index in [-0.39, 0.29) is 54.9 Å². The van der Waals surface area contributed by atoms with Crippen molar-refractivity contribution in [1.82, 2.24) is 4.90 Å². The van der Waals surface area contributed by atoms with Gasteiger partial charge in [0.05, 0.1) is 6.54 Å². The number of likely N-dealkylation sites (tertiary alicyclic amines) is 1. The van der Waals surface area contributed by atoms with E-state index in [0.717, 1.165) is 4.90 Å². The van der Waals surface area contributed by atoms with E-state index in [9.17, 15) is 18.8 Å². The van der Waals surface area contributed by atoms with Crippen LogP contribution in [0.25, 0.3) is 0 Å². The molecule has 0 N–H and O–H groups in total. The lowest BCUT2D eigenvalue weighted by molar-refractivity contribution is -0.152. The molecule has 0 spiro atoms. The van der Waals surface area contributed by atoms with Crippen molar-refractivity contribution in [3.8, 4) is 0 Å². The minimum absolute atomic E-state index is 0.0212. The maximum Gasteiger partial charge on any atom is 0.229 e. The SMILES string of the molecule is CC1CC(=O)N(CC(=O)Cc2ccccc2F)C(=O)C1. The predicted octanol–water partition coefficient (Wildman–Crippen LogP) is 1.72. The first-order chi connectivity index (χ1) is 9.47. The number of imide groups is 1. The second-order valence-electron chi connectivity index (χ2n) is 5.19. The summed E-state index contributed by atoms with van der Waals surface area (Å²) in [6.45, 7) is 1.56. The van der Waals surface area contributed by atoms with Crippen molar-refractivity contribution in [2.24, 2.45) is 5.92 Å². The van der Waals surface area contributed by atoms with Gasteiger partial charge in [-0.25, -0.2) is 4.39 Å². The standard InChI is InChI=1S/C15H16FNO3/c1-10-6-14(19)17(15(20)7-10)9-12(18)8-11-4-2-3-5-13(11)16/h2-5,10H,6-9H2,1H3. The van der Waals surface area contributed by atoms with Crippen LogP contribution in [0.15, 0.2) is 24.3 Å². The van der Waals surface area contributed by atoms with Crippen molar-refractivity contribution in [2.75, 3.05) is 6.54 Å². The third-order valence-electron chi connectivity index (χ3n) is 3.33. The number of benzene rings is 1. The number of ketones is 1. The Kier molecular flexibility index (Phi) is 4.27. The van der Waals surface area contributed by atoms with E-state index < -0.39 is 5.82 Å². The minimum atomic E-state index is -0.453. The smallest absolute Gasteiger partial charge is 0.229 e. The molecule has 2 amide bonds. The number of hydrogen-bond acceptors (Lipinski definition) is 3. The van der Waals surface area contributed by atoms with Gasteiger partial charge in [-0.05, 0) is 17.5 Å². The van der Waals surface area contributed by atoms with E-state index >= 15 is 0 Å². The summed E-state index contributed by atoms with van der Waals surface area (Å²) in [6.07, 6.45) is 0.441. The Labute approximate surface area is 116 Å². The predicted molar refractivity (Wildman–Crippen MR) is 70.2 cm³/mol. The number of Topliss-reactive ketones (excluding diaryl/α,β-unsaturated/α-hetero) is 1. The fourth-order valence-corrected chi connectivity index (χ4v) is 2.29. The van der Waals surface area contributed by atoms with Crippen LogP contribution in [0.4, 0.5) is 4.39 Å². The summed E-state index contributed by atoms with van der Waals surface area (Å²) in [5.41, 5.74) is 0.280. The Balaban J connectivity index is 2.00. The highest BCUT2D eigenvalue weighted by atomic mass is 19.1. The number of carbonyl (C=O) groups excluding carboxylic acids is 3. The summed E-state index contributed by atoms with van der Waals surface area (Å²) in [5, 5.41) is 0. The van der Waals surface area contributed by atoms with Crippen molar-refractivity contribution in [3.63, 3.8) is 0 Å². The Bertz CT molecular complexity index is 538. The second-order valence-corrected chi connectivity index (χ2v) is 5.19. The minimum Gasteiger partial charge on any atom is -0.297 e. The molecule has 2 rings (SSSR count). The maximum absolute atomic E-state index is 13.4. The Morgan fingerprint density at radius 3 is 2.45 bits per heavy atom. The number of rotatable bonds is 4. The van der Waals surface area contributed by atoms with Gasteiger partial charge >= 0.3 is 0 Å². The highest BCUT2D eigenvalue weighted by Crippen LogP contribution is 2.19. The maximum atomic E-state index is 13.4. The number of carbonyl (C=O) groups is 3. The number of amides is 2. The summed E-state index contributed by atoms with van der Waals surface area (Å²) in [4.78, 5) is 36.4. The molecule has 20 heavy (non-hydrogen) atoms. The van der Waals surface area contributed by atoms with Gasteiger partial charge in [0.2, 0.25) is 11.8 Å². The van der Waals surface area contributed by atoms with Crippen LogP contribution < -0.4 is 0 Å². The molecular weight excluding hydrogens is 261 g/mol. The van der Waals surface area contributed by atoms with E-state index in [4.69, 9.17) is 0 Å². The molecule has 0 saturated carbocycles. The third kappa shape index (κ3) is 3.29. The van der Waals surface area contributed by atoms with Gasteiger partial charge in [-0.1, -0.05) is 25.1 Å². The van der Waals surface area contributed by atoms with Gasteiger partial charge in [-0.15, -0.1) is 0 Å². The van der Waals surface area contributed by atoms with Gasteiger partial charge in [-0.2, -0.15) is 0 Å². The average Bonchev–Trinajstić information content (AvgIpc) is 2.36. The van der Waals surface area contributed by atoms with Crippen LogP contribution in [0.2, 0.25) is 0 Å². The molecule has 0 unspecified atom stereocenters. The Hall–Kier alpha value is -2.04. The fourth-order valence-electron chi connectivity index (χ4n) is 2.29. The quantitative estimate of drug-likeness (QED) is 0.787. The fraction of sp³-hybridized carbons (Fsp3) is 0.400. The highest BCUT2D eigenvalue weighted by Gasteiger charge is 2.31. The van der Waals surface area contributed by atoms with Crippen LogP contribution in [-0.4, -0.2) is 29.0 Å². The highest BCUT2D eigenvalue weighted by molar-refractivity contribution is 6.01. The summed E-state index contributed by atoms with van der Waals surface area (Å²) in [7, 11) is 0. The molecule has 1 aliphatic rings. The summed E-state index contributed by atoms with van der Waals surface area (Å²) < 4.78 is 13.4. The molecule has 0 atom stereocenters. The van der Waals surface area contributed by atoms with Gasteiger partial charge in [0, 0.05) is 19.3 Å².